The topological polar surface area (TPSA) is 95.7 Å². The minimum absolute atomic E-state index is 0.0129. The van der Waals surface area contributed by atoms with Gasteiger partial charge in [-0.1, -0.05) is 18.2 Å². The summed E-state index contributed by atoms with van der Waals surface area (Å²) in [6.45, 7) is 1.51. The van der Waals surface area contributed by atoms with E-state index in [4.69, 9.17) is 5.73 Å². The van der Waals surface area contributed by atoms with Crippen LogP contribution in [0.25, 0.3) is 0 Å². The van der Waals surface area contributed by atoms with E-state index in [1.807, 2.05) is 30.3 Å². The maximum Gasteiger partial charge on any atom is 0.317 e. The van der Waals surface area contributed by atoms with E-state index < -0.39 is 0 Å². The first-order chi connectivity index (χ1) is 11.5. The van der Waals surface area contributed by atoms with Crippen LogP contribution in [0.1, 0.15) is 19.3 Å². The maximum absolute atomic E-state index is 12.3. The largest absolute Gasteiger partial charge is 0.369 e. The average molecular weight is 330 g/mol. The number of rotatable bonds is 3. The van der Waals surface area contributed by atoms with Gasteiger partial charge in [0.1, 0.15) is 0 Å². The highest BCUT2D eigenvalue weighted by Crippen LogP contribution is 2.22. The second-order valence-electron chi connectivity index (χ2n) is 6.35. The van der Waals surface area contributed by atoms with Crippen LogP contribution in [0.15, 0.2) is 30.3 Å². The lowest BCUT2D eigenvalue weighted by Crippen LogP contribution is -2.49. The number of nitrogens with two attached hydrogens (primary N) is 1. The molecule has 4 amide bonds. The fraction of sp³-hybridized carbons (Fsp3) is 0.471. The zero-order valence-electron chi connectivity index (χ0n) is 13.5. The van der Waals surface area contributed by atoms with Gasteiger partial charge in [0.2, 0.25) is 11.8 Å². The molecule has 2 saturated heterocycles. The number of amides is 4. The maximum atomic E-state index is 12.3. The summed E-state index contributed by atoms with van der Waals surface area (Å²) in [5, 5.41) is 2.93. The van der Waals surface area contributed by atoms with Gasteiger partial charge in [0, 0.05) is 37.7 Å². The van der Waals surface area contributed by atoms with Crippen molar-refractivity contribution >= 4 is 23.5 Å². The number of carbonyl (C=O) groups excluding carboxylic acids is 3. The number of likely N-dealkylation sites (tertiary alicyclic amines) is 1. The lowest BCUT2D eigenvalue weighted by molar-refractivity contribution is -0.123. The van der Waals surface area contributed by atoms with E-state index >= 15 is 0 Å². The fourth-order valence-corrected chi connectivity index (χ4v) is 3.29. The number of hydrogen-bond acceptors (Lipinski definition) is 3. The van der Waals surface area contributed by atoms with Crippen molar-refractivity contribution in [2.45, 2.75) is 25.3 Å². The Labute approximate surface area is 140 Å². The second kappa shape index (κ2) is 6.90. The molecule has 1 unspecified atom stereocenters. The first-order valence-corrected chi connectivity index (χ1v) is 8.25. The van der Waals surface area contributed by atoms with Crippen LogP contribution in [0, 0.1) is 5.92 Å². The molecular formula is C17H22N4O3. The molecular weight excluding hydrogens is 308 g/mol. The first kappa shape index (κ1) is 16.3. The molecule has 0 aromatic heterocycles. The van der Waals surface area contributed by atoms with Gasteiger partial charge in [0.25, 0.3) is 0 Å². The zero-order chi connectivity index (χ0) is 17.1. The third-order valence-corrected chi connectivity index (χ3v) is 4.71. The van der Waals surface area contributed by atoms with Gasteiger partial charge in [-0.3, -0.25) is 9.59 Å². The summed E-state index contributed by atoms with van der Waals surface area (Å²) in [7, 11) is 0. The molecule has 0 aliphatic carbocycles. The van der Waals surface area contributed by atoms with Gasteiger partial charge in [-0.05, 0) is 25.0 Å². The number of carbonyl (C=O) groups is 3. The summed E-state index contributed by atoms with van der Waals surface area (Å²) in [6.07, 6.45) is 1.50. The summed E-state index contributed by atoms with van der Waals surface area (Å²) < 4.78 is 0. The van der Waals surface area contributed by atoms with Crippen LogP contribution in [0.2, 0.25) is 0 Å². The Morgan fingerprint density at radius 3 is 2.42 bits per heavy atom. The average Bonchev–Trinajstić information content (AvgIpc) is 2.96. The number of nitrogens with one attached hydrogen (secondary N) is 1. The minimum Gasteiger partial charge on any atom is -0.369 e. The van der Waals surface area contributed by atoms with Crippen molar-refractivity contribution in [3.63, 3.8) is 0 Å². The molecule has 2 aliphatic rings. The van der Waals surface area contributed by atoms with Crippen LogP contribution >= 0.6 is 0 Å². The van der Waals surface area contributed by atoms with E-state index in [0.717, 1.165) is 5.69 Å². The molecule has 2 heterocycles. The fourth-order valence-electron chi connectivity index (χ4n) is 3.29. The third kappa shape index (κ3) is 3.50. The summed E-state index contributed by atoms with van der Waals surface area (Å²) in [5.41, 5.74) is 6.15. The Morgan fingerprint density at radius 1 is 1.12 bits per heavy atom. The molecule has 3 rings (SSSR count). The number of primary amides is 1. The molecule has 1 aromatic rings. The van der Waals surface area contributed by atoms with Gasteiger partial charge in [0.15, 0.2) is 0 Å². The minimum atomic E-state index is -0.296. The molecule has 7 heteroatoms. The highest BCUT2D eigenvalue weighted by Gasteiger charge is 2.33. The molecule has 1 atom stereocenters. The highest BCUT2D eigenvalue weighted by atomic mass is 16.2. The molecule has 0 spiro atoms. The highest BCUT2D eigenvalue weighted by molar-refractivity contribution is 5.96. The van der Waals surface area contributed by atoms with E-state index in [2.05, 4.69) is 5.32 Å². The van der Waals surface area contributed by atoms with E-state index in [-0.39, 0.29) is 29.8 Å². The Bertz CT molecular complexity index is 626. The third-order valence-electron chi connectivity index (χ3n) is 4.71. The lowest BCUT2D eigenvalue weighted by Gasteiger charge is -2.31. The SMILES string of the molecule is NC(=O)C1CCN(C(=O)NC2CC(=O)N(c3ccccc3)C2)CC1. The lowest BCUT2D eigenvalue weighted by atomic mass is 9.96. The molecule has 7 nitrogen and oxygen atoms in total. The van der Waals surface area contributed by atoms with Crippen LogP contribution in [-0.4, -0.2) is 48.4 Å². The molecule has 2 aliphatic heterocycles. The molecule has 0 saturated carbocycles. The summed E-state index contributed by atoms with van der Waals surface area (Å²) >= 11 is 0. The zero-order valence-corrected chi connectivity index (χ0v) is 13.5. The Balaban J connectivity index is 1.53. The van der Waals surface area contributed by atoms with Crippen molar-refractivity contribution < 1.29 is 14.4 Å². The molecule has 0 bridgehead atoms. The van der Waals surface area contributed by atoms with Crippen LogP contribution < -0.4 is 16.0 Å². The van der Waals surface area contributed by atoms with Gasteiger partial charge in [-0.2, -0.15) is 0 Å². The number of para-hydroxylation sites is 1. The van der Waals surface area contributed by atoms with Crippen LogP contribution in [0.5, 0.6) is 0 Å². The number of anilines is 1. The van der Waals surface area contributed by atoms with Gasteiger partial charge in [-0.25, -0.2) is 4.79 Å². The number of nitrogens with zero attached hydrogens (tertiary/aromatic N) is 2. The Hall–Kier alpha value is -2.57. The van der Waals surface area contributed by atoms with E-state index in [1.165, 1.54) is 0 Å². The summed E-state index contributed by atoms with van der Waals surface area (Å²) in [6, 6.07) is 9.08. The van der Waals surface area contributed by atoms with Gasteiger partial charge < -0.3 is 20.9 Å². The Morgan fingerprint density at radius 2 is 1.79 bits per heavy atom. The van der Waals surface area contributed by atoms with Crippen LogP contribution in [-0.2, 0) is 9.59 Å². The first-order valence-electron chi connectivity index (χ1n) is 8.25. The standard InChI is InChI=1S/C17H22N4O3/c18-16(23)12-6-8-20(9-7-12)17(24)19-13-10-15(22)21(11-13)14-4-2-1-3-5-14/h1-5,12-13H,6-11H2,(H2,18,23)(H,19,24). The van der Waals surface area contributed by atoms with Gasteiger partial charge >= 0.3 is 6.03 Å². The van der Waals surface area contributed by atoms with Gasteiger partial charge in [0.05, 0.1) is 6.04 Å². The summed E-state index contributed by atoms with van der Waals surface area (Å²) in [4.78, 5) is 39.1. The van der Waals surface area contributed by atoms with Crippen molar-refractivity contribution in [1.82, 2.24) is 10.2 Å². The molecule has 24 heavy (non-hydrogen) atoms. The number of hydrogen-bond donors (Lipinski definition) is 2. The van der Waals surface area contributed by atoms with E-state index in [1.54, 1.807) is 9.80 Å². The van der Waals surface area contributed by atoms with Crippen LogP contribution in [0.4, 0.5) is 10.5 Å². The number of benzene rings is 1. The quantitative estimate of drug-likeness (QED) is 0.854. The predicted molar refractivity (Wildman–Crippen MR) is 89.2 cm³/mol. The van der Waals surface area contributed by atoms with E-state index in [0.29, 0.717) is 38.9 Å². The molecule has 1 aromatic carbocycles. The molecule has 2 fully saturated rings. The van der Waals surface area contributed by atoms with Crippen LogP contribution in [0.3, 0.4) is 0 Å². The number of piperidine rings is 1. The van der Waals surface area contributed by atoms with Gasteiger partial charge in [-0.15, -0.1) is 0 Å². The molecule has 128 valence electrons. The number of urea groups is 1. The van der Waals surface area contributed by atoms with Crippen molar-refractivity contribution in [1.29, 1.82) is 0 Å². The molecule has 0 radical (unpaired) electrons. The predicted octanol–water partition coefficient (Wildman–Crippen LogP) is 0.699. The summed E-state index contributed by atoms with van der Waals surface area (Å²) in [5.74, 6) is -0.426. The molecule has 3 N–H and O–H groups in total. The van der Waals surface area contributed by atoms with Crippen molar-refractivity contribution in [3.05, 3.63) is 30.3 Å². The second-order valence-corrected chi connectivity index (χ2v) is 6.35. The van der Waals surface area contributed by atoms with Crippen molar-refractivity contribution in [2.75, 3.05) is 24.5 Å². The van der Waals surface area contributed by atoms with Crippen molar-refractivity contribution in [3.8, 4) is 0 Å². The van der Waals surface area contributed by atoms with E-state index in [9.17, 15) is 14.4 Å². The normalized spacial score (nSPS) is 21.8. The smallest absolute Gasteiger partial charge is 0.317 e. The monoisotopic (exact) mass is 330 g/mol. The Kier molecular flexibility index (Phi) is 4.69. The van der Waals surface area contributed by atoms with Crippen molar-refractivity contribution in [2.24, 2.45) is 11.7 Å².